The molecule has 4 aromatic heterocycles. The lowest BCUT2D eigenvalue weighted by Crippen LogP contribution is -2.61. The van der Waals surface area contributed by atoms with Crippen LogP contribution in [0.15, 0.2) is 292 Å². The fourth-order valence-corrected chi connectivity index (χ4v) is 20.2. The van der Waals surface area contributed by atoms with Gasteiger partial charge in [-0.3, -0.25) is 0 Å². The molecule has 100 heavy (non-hydrogen) atoms. The Balaban J connectivity index is 0.700. The molecule has 0 saturated carbocycles. The van der Waals surface area contributed by atoms with E-state index in [4.69, 9.17) is 9.47 Å². The number of para-hydroxylation sites is 6. The topological polar surface area (TPSA) is 44.7 Å². The van der Waals surface area contributed by atoms with Crippen LogP contribution in [0.25, 0.3) is 121 Å². The Hall–Kier alpha value is -12.8. The molecule has 26 rings (SSSR count). The van der Waals surface area contributed by atoms with Crippen molar-refractivity contribution in [2.75, 3.05) is 9.80 Å². The van der Waals surface area contributed by atoms with E-state index in [1.165, 1.54) is 149 Å². The third-order valence-corrected chi connectivity index (χ3v) is 24.0. The van der Waals surface area contributed by atoms with Gasteiger partial charge in [0.25, 0.3) is 0 Å². The van der Waals surface area contributed by atoms with E-state index in [0.29, 0.717) is 0 Å². The second-order valence-electron chi connectivity index (χ2n) is 28.6. The highest BCUT2D eigenvalue weighted by atomic mass is 16.5. The molecule has 8 aliphatic rings. The van der Waals surface area contributed by atoms with Crippen molar-refractivity contribution >= 4 is 170 Å². The summed E-state index contributed by atoms with van der Waals surface area (Å²) in [5.74, 6) is 3.55. The van der Waals surface area contributed by atoms with Crippen LogP contribution in [-0.4, -0.2) is 45.3 Å². The lowest BCUT2D eigenvalue weighted by molar-refractivity contribution is 0.476. The number of anilines is 6. The molecule has 18 aromatic rings. The molecule has 12 heterocycles. The first-order valence-corrected chi connectivity index (χ1v) is 34.9. The van der Waals surface area contributed by atoms with E-state index < -0.39 is 0 Å². The van der Waals surface area contributed by atoms with E-state index in [2.05, 4.69) is 319 Å². The highest BCUT2D eigenvalue weighted by molar-refractivity contribution is 6.94. The van der Waals surface area contributed by atoms with Gasteiger partial charge in [0.15, 0.2) is 0 Å². The molecule has 0 fully saturated rings. The predicted molar refractivity (Wildman–Crippen MR) is 415 cm³/mol. The van der Waals surface area contributed by atoms with Crippen molar-refractivity contribution in [3.8, 4) is 78.6 Å². The van der Waals surface area contributed by atoms with E-state index in [1.807, 2.05) is 0 Å². The summed E-state index contributed by atoms with van der Waals surface area (Å²) in [6.07, 6.45) is 9.28. The Kier molecular flexibility index (Phi) is 9.20. The van der Waals surface area contributed by atoms with E-state index in [1.54, 1.807) is 0 Å². The van der Waals surface area contributed by atoms with E-state index >= 15 is 0 Å². The molecule has 0 spiro atoms. The molecule has 454 valence electrons. The SMILES string of the molecule is c1ccc(N2c3cc4ccccc4cc3B3c4c(c5c6c(c42)-c2cccc4ccn(c24)B6c2cc4ccc(-c6ccc7c(c6)B6c8c(cc9c(c8-c8cccc%10ccn6c8%10)Oc6cccc8c6B9n6ccc9cccc-8c96)O7)cc4cc2N5c2ccccc2)-c2cccc4ccn3c24)cc1. The van der Waals surface area contributed by atoms with Crippen LogP contribution in [0.4, 0.5) is 34.1 Å². The number of benzene rings is 14. The standard InChI is InChI=1S/C88H48B4N6O2/c1-3-20-59(21-4-1)97-70-46-54-15-8-7-14-53(54)43-66(70)89-80-76(64-27-11-17-50-35-39-94(89)83(50)64)87-81-75(86(80)97)63-26-10-18-51-36-40-95(84(51)63)90(81)67-44-57-31-30-55(42-58(57)47-71(67)98(87)60-22-5-2-6-23-60)56-32-33-72-68(45-56)91-79-74(99-72)48-69-88(77(79)65-28-12-19-52-37-41-96(91)85(52)65)100-73-29-13-24-61-62-25-9-16-49-34-38-93(82(49)62)92(69)78(61)73/h1-48H. The molecule has 0 radical (unpaired) electrons. The van der Waals surface area contributed by atoms with E-state index in [0.717, 1.165) is 73.0 Å². The number of hydrogen-bond acceptors (Lipinski definition) is 4. The number of aromatic nitrogens is 4. The largest absolute Gasteiger partial charge is 0.458 e. The number of rotatable bonds is 3. The molecule has 8 aliphatic heterocycles. The molecule has 12 heteroatoms. The lowest BCUT2D eigenvalue weighted by atomic mass is 9.40. The summed E-state index contributed by atoms with van der Waals surface area (Å²) in [5.41, 5.74) is 33.9. The molecule has 0 aliphatic carbocycles. The summed E-state index contributed by atoms with van der Waals surface area (Å²) < 4.78 is 25.0. The Bertz CT molecular complexity index is 6930. The zero-order valence-corrected chi connectivity index (χ0v) is 53.5. The first-order chi connectivity index (χ1) is 49.6. The summed E-state index contributed by atoms with van der Waals surface area (Å²) in [6.45, 7) is -0.602. The average molecular weight is 1260 g/mol. The van der Waals surface area contributed by atoms with Gasteiger partial charge in [-0.05, 0) is 202 Å². The van der Waals surface area contributed by atoms with Crippen LogP contribution in [0.2, 0.25) is 0 Å². The second kappa shape index (κ2) is 17.9. The van der Waals surface area contributed by atoms with E-state index in [9.17, 15) is 0 Å². The van der Waals surface area contributed by atoms with Crippen molar-refractivity contribution in [1.29, 1.82) is 0 Å². The minimum Gasteiger partial charge on any atom is -0.458 e. The Morgan fingerprint density at radius 1 is 0.250 bits per heavy atom. The first-order valence-electron chi connectivity index (χ1n) is 34.9. The number of hydrogen-bond donors (Lipinski definition) is 0. The van der Waals surface area contributed by atoms with Crippen LogP contribution in [0, 0.1) is 0 Å². The maximum Gasteiger partial charge on any atom is 0.336 e. The van der Waals surface area contributed by atoms with Gasteiger partial charge in [-0.1, -0.05) is 182 Å². The summed E-state index contributed by atoms with van der Waals surface area (Å²) >= 11 is 0. The zero-order valence-electron chi connectivity index (χ0n) is 53.5. The first kappa shape index (κ1) is 51.5. The fourth-order valence-electron chi connectivity index (χ4n) is 20.2. The third kappa shape index (κ3) is 6.12. The van der Waals surface area contributed by atoms with E-state index in [-0.39, 0.29) is 27.4 Å². The van der Waals surface area contributed by atoms with Crippen molar-refractivity contribution in [2.45, 2.75) is 0 Å². The van der Waals surface area contributed by atoms with Gasteiger partial charge in [-0.15, -0.1) is 0 Å². The Labute approximate surface area is 574 Å². The lowest BCUT2D eigenvalue weighted by Gasteiger charge is -2.48. The third-order valence-electron chi connectivity index (χ3n) is 24.0. The minimum atomic E-state index is -0.182. The van der Waals surface area contributed by atoms with Gasteiger partial charge >= 0.3 is 27.4 Å². The normalized spacial score (nSPS) is 14.2. The van der Waals surface area contributed by atoms with Crippen LogP contribution in [-0.2, 0) is 0 Å². The Morgan fingerprint density at radius 2 is 0.700 bits per heavy atom. The molecule has 0 N–H and O–H groups in total. The van der Waals surface area contributed by atoms with Crippen LogP contribution < -0.4 is 63.0 Å². The van der Waals surface area contributed by atoms with Crippen LogP contribution >= 0.6 is 0 Å². The molecular weight excluding hydrogens is 1220 g/mol. The van der Waals surface area contributed by atoms with Crippen molar-refractivity contribution in [3.05, 3.63) is 292 Å². The smallest absolute Gasteiger partial charge is 0.336 e. The molecule has 0 amide bonds. The van der Waals surface area contributed by atoms with Crippen molar-refractivity contribution < 1.29 is 9.47 Å². The molecule has 0 unspecified atom stereocenters. The van der Waals surface area contributed by atoms with Crippen LogP contribution in [0.3, 0.4) is 0 Å². The average Bonchev–Trinajstić information content (AvgIpc) is 0.996. The number of nitrogens with zero attached hydrogens (tertiary/aromatic N) is 6. The van der Waals surface area contributed by atoms with Gasteiger partial charge in [-0.2, -0.15) is 0 Å². The van der Waals surface area contributed by atoms with Gasteiger partial charge in [0.2, 0.25) is 0 Å². The van der Waals surface area contributed by atoms with Gasteiger partial charge in [0.05, 0.1) is 11.4 Å². The van der Waals surface area contributed by atoms with Gasteiger partial charge in [0.1, 0.15) is 23.0 Å². The number of fused-ring (bicyclic) bond motifs is 21. The summed E-state index contributed by atoms with van der Waals surface area (Å²) in [6, 6.07) is 101. The quantitative estimate of drug-likeness (QED) is 0.165. The fraction of sp³-hybridized carbons (Fsp3) is 0. The highest BCUT2D eigenvalue weighted by Gasteiger charge is 2.53. The van der Waals surface area contributed by atoms with Gasteiger partial charge in [-0.25, -0.2) is 0 Å². The summed E-state index contributed by atoms with van der Waals surface area (Å²) in [4.78, 5) is 5.30. The minimum absolute atomic E-state index is 0.101. The second-order valence-corrected chi connectivity index (χ2v) is 28.6. The molecule has 8 nitrogen and oxygen atoms in total. The Morgan fingerprint density at radius 3 is 1.29 bits per heavy atom. The summed E-state index contributed by atoms with van der Waals surface area (Å²) in [7, 11) is 0. The molecular formula is C88H48B4N6O2. The number of ether oxygens (including phenoxy) is 2. The van der Waals surface area contributed by atoms with Crippen LogP contribution in [0.1, 0.15) is 0 Å². The van der Waals surface area contributed by atoms with Crippen LogP contribution in [0.5, 0.6) is 23.0 Å². The van der Waals surface area contributed by atoms with Crippen molar-refractivity contribution in [1.82, 2.24) is 17.9 Å². The maximum atomic E-state index is 7.40. The van der Waals surface area contributed by atoms with Crippen molar-refractivity contribution in [3.63, 3.8) is 0 Å². The maximum absolute atomic E-state index is 7.40. The molecule has 0 bridgehead atoms. The molecule has 0 atom stereocenters. The highest BCUT2D eigenvalue weighted by Crippen LogP contribution is 2.56. The molecule has 14 aromatic carbocycles. The van der Waals surface area contributed by atoms with Gasteiger partial charge in [0, 0.05) is 94.7 Å². The monoisotopic (exact) mass is 1260 g/mol. The van der Waals surface area contributed by atoms with Gasteiger partial charge < -0.3 is 37.2 Å². The van der Waals surface area contributed by atoms with Crippen molar-refractivity contribution in [2.24, 2.45) is 0 Å². The predicted octanol–water partition coefficient (Wildman–Crippen LogP) is 15.8. The zero-order chi connectivity index (χ0) is 64.2. The summed E-state index contributed by atoms with van der Waals surface area (Å²) in [5, 5.41) is 9.73. The molecule has 0 saturated heterocycles.